The number of unbranched alkanes of at least 4 members (excludes halogenated alkanes) is 23. The molecule has 2 aliphatic rings. The van der Waals surface area contributed by atoms with Crippen molar-refractivity contribution in [3.63, 3.8) is 0 Å². The van der Waals surface area contributed by atoms with Crippen molar-refractivity contribution in [3.8, 4) is 0 Å². The Balaban J connectivity index is 0.000000308. The van der Waals surface area contributed by atoms with Crippen LogP contribution >= 0.6 is 0 Å². The Morgan fingerprint density at radius 1 is 0.448 bits per heavy atom. The van der Waals surface area contributed by atoms with Crippen molar-refractivity contribution < 1.29 is 57.1 Å². The third-order valence-corrected chi connectivity index (χ3v) is 15.6. The topological polar surface area (TPSA) is 150 Å². The molecule has 1 heterocycles. The summed E-state index contributed by atoms with van der Waals surface area (Å²) in [6.45, 7) is 11.6. The average molecular weight is 1210 g/mol. The molecule has 1 aliphatic carbocycles. The minimum Gasteiger partial charge on any atom is -0.464 e. The van der Waals surface area contributed by atoms with E-state index in [4.69, 9.17) is 33.2 Å². The summed E-state index contributed by atoms with van der Waals surface area (Å²) in [4.78, 5) is 60.3. The van der Waals surface area contributed by atoms with Gasteiger partial charge in [-0.1, -0.05) is 283 Å². The second-order valence-electron chi connectivity index (χ2n) is 22.8. The number of carbonyl (C=O) groups excluding carboxylic acids is 5. The lowest BCUT2D eigenvalue weighted by Gasteiger charge is -2.20. The maximum Gasteiger partial charge on any atom is 0.338 e. The molecule has 0 radical (unpaired) electrons. The number of esters is 2. The Morgan fingerprint density at radius 2 is 0.816 bits per heavy atom. The van der Waals surface area contributed by atoms with E-state index in [0.29, 0.717) is 29.9 Å². The molecule has 1 saturated heterocycles. The van der Waals surface area contributed by atoms with E-state index in [1.807, 2.05) is 116 Å². The minimum atomic E-state index is -1.03. The van der Waals surface area contributed by atoms with Crippen molar-refractivity contribution in [2.75, 3.05) is 33.5 Å². The van der Waals surface area contributed by atoms with Crippen LogP contribution in [0, 0.1) is 0 Å². The van der Waals surface area contributed by atoms with Gasteiger partial charge in [0.15, 0.2) is 35.8 Å². The highest BCUT2D eigenvalue weighted by Gasteiger charge is 2.46. The van der Waals surface area contributed by atoms with Crippen LogP contribution in [-0.2, 0) is 47.5 Å². The van der Waals surface area contributed by atoms with Gasteiger partial charge in [-0.25, -0.2) is 9.59 Å². The molecule has 5 unspecified atom stereocenters. The Kier molecular flexibility index (Phi) is 44.0. The lowest BCUT2D eigenvalue weighted by Crippen LogP contribution is -2.39. The summed E-state index contributed by atoms with van der Waals surface area (Å²) in [5, 5.41) is 0. The summed E-state index contributed by atoms with van der Waals surface area (Å²) in [6.07, 6.45) is 34.2. The number of ether oxygens (including phenoxy) is 7. The molecule has 1 saturated carbocycles. The fraction of sp³-hybridized carbons (Fsp3) is 0.613. The lowest BCUT2D eigenvalue weighted by molar-refractivity contribution is -0.163. The first kappa shape index (κ1) is 75.9. The molecule has 484 valence electrons. The average Bonchev–Trinajstić information content (AvgIpc) is 3.39. The monoisotopic (exact) mass is 1200 g/mol. The SMILES string of the molecule is CCCCCCCCCCCC1OC(C(=O)OCC)C(C(=O)OCC)O1.CCCCCCCCCCCCCCCCCCOC1CCCCC1=O.CCOC(C(=O)c1ccccc1)c1ccccc1.COC(C(=O)c1ccccc1)c1ccccc1. The van der Waals surface area contributed by atoms with E-state index in [2.05, 4.69) is 13.8 Å². The van der Waals surface area contributed by atoms with Gasteiger partial charge in [0.2, 0.25) is 0 Å². The van der Waals surface area contributed by atoms with Crippen LogP contribution in [0.2, 0.25) is 0 Å². The first-order valence-electron chi connectivity index (χ1n) is 33.8. The van der Waals surface area contributed by atoms with Gasteiger partial charge >= 0.3 is 11.9 Å². The van der Waals surface area contributed by atoms with E-state index in [1.165, 1.54) is 141 Å². The molecule has 0 aromatic heterocycles. The minimum absolute atomic E-state index is 0.00338. The largest absolute Gasteiger partial charge is 0.464 e. The maximum absolute atomic E-state index is 12.4. The Morgan fingerprint density at radius 3 is 1.20 bits per heavy atom. The van der Waals surface area contributed by atoms with E-state index in [9.17, 15) is 24.0 Å². The van der Waals surface area contributed by atoms with Crippen LogP contribution in [-0.4, -0.2) is 87.4 Å². The fourth-order valence-electron chi connectivity index (χ4n) is 10.7. The van der Waals surface area contributed by atoms with E-state index >= 15 is 0 Å². The number of hydrogen-bond acceptors (Lipinski definition) is 12. The molecule has 5 atom stereocenters. The third-order valence-electron chi connectivity index (χ3n) is 15.6. The zero-order valence-electron chi connectivity index (χ0n) is 54.5. The highest BCUT2D eigenvalue weighted by molar-refractivity contribution is 6.00. The van der Waals surface area contributed by atoms with Gasteiger partial charge in [0, 0.05) is 37.9 Å². The highest BCUT2D eigenvalue weighted by Crippen LogP contribution is 2.27. The van der Waals surface area contributed by atoms with Crippen LogP contribution in [0.5, 0.6) is 0 Å². The molecule has 12 heteroatoms. The molecule has 2 fully saturated rings. The van der Waals surface area contributed by atoms with E-state index in [1.54, 1.807) is 33.1 Å². The zero-order chi connectivity index (χ0) is 62.8. The molecule has 6 rings (SSSR count). The van der Waals surface area contributed by atoms with Crippen molar-refractivity contribution in [2.24, 2.45) is 0 Å². The fourth-order valence-corrected chi connectivity index (χ4v) is 10.7. The van der Waals surface area contributed by atoms with Crippen LogP contribution in [0.1, 0.15) is 271 Å². The number of hydrogen-bond donors (Lipinski definition) is 0. The van der Waals surface area contributed by atoms with Gasteiger partial charge in [-0.05, 0) is 70.4 Å². The van der Waals surface area contributed by atoms with Crippen LogP contribution in [0.4, 0.5) is 0 Å². The molecular formula is C75H112O12. The van der Waals surface area contributed by atoms with Gasteiger partial charge in [0.25, 0.3) is 0 Å². The van der Waals surface area contributed by atoms with Crippen LogP contribution in [0.25, 0.3) is 0 Å². The normalized spacial score (nSPS) is 16.8. The van der Waals surface area contributed by atoms with Crippen molar-refractivity contribution >= 4 is 29.3 Å². The summed E-state index contributed by atoms with van der Waals surface area (Å²) in [6, 6.07) is 37.6. The summed E-state index contributed by atoms with van der Waals surface area (Å²) in [5.74, 6) is -0.809. The molecule has 0 N–H and O–H groups in total. The summed E-state index contributed by atoms with van der Waals surface area (Å²) < 4.78 is 37.9. The summed E-state index contributed by atoms with van der Waals surface area (Å²) >= 11 is 0. The Hall–Kier alpha value is -5.37. The molecule has 87 heavy (non-hydrogen) atoms. The molecule has 4 aromatic rings. The number of carbonyl (C=O) groups is 5. The van der Waals surface area contributed by atoms with E-state index in [0.717, 1.165) is 62.7 Å². The lowest BCUT2D eigenvalue weighted by atomic mass is 9.96. The first-order valence-corrected chi connectivity index (χ1v) is 33.8. The van der Waals surface area contributed by atoms with E-state index in [-0.39, 0.29) is 30.9 Å². The quantitative estimate of drug-likeness (QED) is 0.0236. The van der Waals surface area contributed by atoms with Crippen molar-refractivity contribution in [1.82, 2.24) is 0 Å². The Labute approximate surface area is 525 Å². The van der Waals surface area contributed by atoms with Crippen LogP contribution in [0.15, 0.2) is 121 Å². The standard InChI is InChI=1S/C24H46O2.C20H36O6.C16H16O2.C15H14O2/c1-2-3-4-5-6-7-8-9-10-11-12-13-14-15-16-19-22-26-24-21-18-17-20-23(24)25;1-4-7-8-9-10-11-12-13-14-15-16-25-17(19(21)23-5-2)18(26-16)20(22)24-6-3;1-2-18-16(14-11-7-4-8-12-14)15(17)13-9-5-3-6-10-13;1-17-15(13-10-6-3-7-11-13)14(16)12-8-4-2-5-9-12/h24H,2-22H2,1H3;16-18H,4-15H2,1-3H3;3-12,16H,2H2,1H3;2-11,15H,1H3. The Bertz CT molecular complexity index is 2300. The number of benzene rings is 4. The highest BCUT2D eigenvalue weighted by atomic mass is 16.8. The van der Waals surface area contributed by atoms with Gasteiger partial charge in [-0.15, -0.1) is 0 Å². The molecule has 0 spiro atoms. The van der Waals surface area contributed by atoms with Crippen LogP contribution in [0.3, 0.4) is 0 Å². The second kappa shape index (κ2) is 50.5. The van der Waals surface area contributed by atoms with E-state index < -0.39 is 42.6 Å². The van der Waals surface area contributed by atoms with Crippen LogP contribution < -0.4 is 0 Å². The van der Waals surface area contributed by atoms with Crippen molar-refractivity contribution in [2.45, 2.75) is 264 Å². The molecule has 4 aromatic carbocycles. The number of rotatable bonds is 41. The maximum atomic E-state index is 12.4. The third kappa shape index (κ3) is 33.1. The van der Waals surface area contributed by atoms with Gasteiger partial charge in [-0.2, -0.15) is 0 Å². The smallest absolute Gasteiger partial charge is 0.338 e. The molecule has 1 aliphatic heterocycles. The molecular weight excluding hydrogens is 1090 g/mol. The van der Waals surface area contributed by atoms with Gasteiger partial charge < -0.3 is 33.2 Å². The van der Waals surface area contributed by atoms with Gasteiger partial charge in [0.1, 0.15) is 18.3 Å². The predicted octanol–water partition coefficient (Wildman–Crippen LogP) is 18.8. The molecule has 0 bridgehead atoms. The number of ketones is 3. The van der Waals surface area contributed by atoms with Gasteiger partial charge in [-0.3, -0.25) is 14.4 Å². The zero-order valence-corrected chi connectivity index (χ0v) is 54.5. The number of Topliss-reactive ketones (excluding diaryl/α,β-unsaturated/α-hetero) is 3. The summed E-state index contributed by atoms with van der Waals surface area (Å²) in [5.41, 5.74) is 3.13. The van der Waals surface area contributed by atoms with Gasteiger partial charge in [0.05, 0.1) is 13.2 Å². The predicted molar refractivity (Wildman–Crippen MR) is 350 cm³/mol. The first-order chi connectivity index (χ1) is 42.6. The summed E-state index contributed by atoms with van der Waals surface area (Å²) in [7, 11) is 1.55. The number of methoxy groups -OCH3 is 1. The van der Waals surface area contributed by atoms with Crippen molar-refractivity contribution in [1.29, 1.82) is 0 Å². The molecule has 12 nitrogen and oxygen atoms in total. The molecule has 0 amide bonds. The second-order valence-corrected chi connectivity index (χ2v) is 22.8. The van der Waals surface area contributed by atoms with Crippen molar-refractivity contribution in [3.05, 3.63) is 144 Å².